The molecular formula is C71H49N. The lowest BCUT2D eigenvalue weighted by Gasteiger charge is -2.36. The van der Waals surface area contributed by atoms with E-state index < -0.39 is 10.8 Å². The van der Waals surface area contributed by atoms with Gasteiger partial charge in [0.1, 0.15) is 0 Å². The van der Waals surface area contributed by atoms with E-state index in [-0.39, 0.29) is 5.41 Å². The van der Waals surface area contributed by atoms with E-state index >= 15 is 0 Å². The molecule has 1 heteroatoms. The van der Waals surface area contributed by atoms with Gasteiger partial charge in [-0.25, -0.2) is 0 Å². The van der Waals surface area contributed by atoms with Gasteiger partial charge in [0.15, 0.2) is 0 Å². The van der Waals surface area contributed by atoms with Crippen LogP contribution < -0.4 is 4.90 Å². The third-order valence-corrected chi connectivity index (χ3v) is 16.9. The zero-order valence-electron chi connectivity index (χ0n) is 40.3. The minimum atomic E-state index is -0.709. The van der Waals surface area contributed by atoms with Crippen molar-refractivity contribution in [1.82, 2.24) is 0 Å². The molecule has 11 aromatic carbocycles. The van der Waals surface area contributed by atoms with Gasteiger partial charge in [0.25, 0.3) is 0 Å². The molecule has 0 heterocycles. The zero-order valence-corrected chi connectivity index (χ0v) is 40.3. The first-order chi connectivity index (χ1) is 35.5. The van der Waals surface area contributed by atoms with Crippen LogP contribution in [-0.2, 0) is 16.2 Å². The molecule has 0 N–H and O–H groups in total. The Morgan fingerprint density at radius 1 is 0.250 bits per heavy atom. The Bertz CT molecular complexity index is 3910. The highest BCUT2D eigenvalue weighted by atomic mass is 15.1. The largest absolute Gasteiger partial charge is 0.310 e. The van der Waals surface area contributed by atoms with Crippen molar-refractivity contribution < 1.29 is 0 Å². The van der Waals surface area contributed by atoms with Gasteiger partial charge in [0.05, 0.1) is 10.8 Å². The maximum atomic E-state index is 2.67. The third kappa shape index (κ3) is 5.27. The van der Waals surface area contributed by atoms with Gasteiger partial charge in [0, 0.05) is 22.5 Å². The molecule has 0 aromatic heterocycles. The number of para-hydroxylation sites is 1. The Hall–Kier alpha value is -8.78. The summed E-state index contributed by atoms with van der Waals surface area (Å²) in [6, 6.07) is 98.7. The minimum absolute atomic E-state index is 0.149. The number of nitrogens with zero attached hydrogens (tertiary/aromatic N) is 1. The van der Waals surface area contributed by atoms with Gasteiger partial charge in [-0.3, -0.25) is 0 Å². The van der Waals surface area contributed by atoms with Gasteiger partial charge < -0.3 is 4.90 Å². The van der Waals surface area contributed by atoms with Crippen LogP contribution in [0.4, 0.5) is 17.1 Å². The topological polar surface area (TPSA) is 3.24 Å². The number of fused-ring (bicyclic) bond motifs is 16. The minimum Gasteiger partial charge on any atom is -0.310 e. The van der Waals surface area contributed by atoms with Gasteiger partial charge in [0.2, 0.25) is 0 Å². The quantitative estimate of drug-likeness (QED) is 0.161. The maximum Gasteiger partial charge on any atom is 0.0725 e. The van der Waals surface area contributed by atoms with E-state index in [4.69, 9.17) is 0 Å². The Kier molecular flexibility index (Phi) is 8.62. The molecule has 0 saturated carbocycles. The van der Waals surface area contributed by atoms with Crippen LogP contribution in [0.5, 0.6) is 0 Å². The summed E-state index contributed by atoms with van der Waals surface area (Å²) in [6.45, 7) is 4.75. The van der Waals surface area contributed by atoms with Crippen LogP contribution in [0.1, 0.15) is 69.5 Å². The summed E-state index contributed by atoms with van der Waals surface area (Å²) >= 11 is 0. The molecule has 0 unspecified atom stereocenters. The van der Waals surface area contributed by atoms with Crippen LogP contribution >= 0.6 is 0 Å². The predicted octanol–water partition coefficient (Wildman–Crippen LogP) is 17.8. The van der Waals surface area contributed by atoms with Crippen molar-refractivity contribution in [2.24, 2.45) is 0 Å². The van der Waals surface area contributed by atoms with Crippen molar-refractivity contribution in [2.75, 3.05) is 4.90 Å². The molecule has 15 rings (SSSR count). The average molecular weight is 916 g/mol. The normalized spacial score (nSPS) is 14.9. The Morgan fingerprint density at radius 2 is 0.639 bits per heavy atom. The van der Waals surface area contributed by atoms with E-state index in [1.165, 1.54) is 111 Å². The molecule has 4 aliphatic rings. The first kappa shape index (κ1) is 41.0. The Balaban J connectivity index is 1.08. The van der Waals surface area contributed by atoms with Gasteiger partial charge in [-0.15, -0.1) is 0 Å². The Morgan fingerprint density at radius 3 is 1.21 bits per heavy atom. The fourth-order valence-corrected chi connectivity index (χ4v) is 14.1. The van der Waals surface area contributed by atoms with Gasteiger partial charge in [-0.05, 0) is 148 Å². The summed E-state index contributed by atoms with van der Waals surface area (Å²) in [5.74, 6) is 0. The first-order valence-corrected chi connectivity index (χ1v) is 25.4. The van der Waals surface area contributed by atoms with E-state index in [2.05, 4.69) is 280 Å². The van der Waals surface area contributed by atoms with E-state index in [1.807, 2.05) is 0 Å². The molecule has 0 bridgehead atoms. The lowest BCUT2D eigenvalue weighted by molar-refractivity contribution is 0.660. The highest BCUT2D eigenvalue weighted by Crippen LogP contribution is 2.69. The molecule has 0 atom stereocenters. The molecule has 0 aliphatic heterocycles. The lowest BCUT2D eigenvalue weighted by atomic mass is 9.65. The highest BCUT2D eigenvalue weighted by Gasteiger charge is 2.56. The van der Waals surface area contributed by atoms with Crippen molar-refractivity contribution in [3.05, 3.63) is 316 Å². The third-order valence-electron chi connectivity index (χ3n) is 16.9. The number of hydrogen-bond acceptors (Lipinski definition) is 1. The van der Waals surface area contributed by atoms with E-state index in [0.29, 0.717) is 0 Å². The van der Waals surface area contributed by atoms with Crippen molar-refractivity contribution in [2.45, 2.75) is 30.1 Å². The molecule has 0 fully saturated rings. The van der Waals surface area contributed by atoms with Crippen LogP contribution in [0.2, 0.25) is 0 Å². The summed E-state index contributed by atoms with van der Waals surface area (Å²) in [4.78, 5) is 2.49. The predicted molar refractivity (Wildman–Crippen MR) is 298 cm³/mol. The van der Waals surface area contributed by atoms with Gasteiger partial charge >= 0.3 is 0 Å². The fraction of sp³-hybridized carbons (Fsp3) is 0.0704. The monoisotopic (exact) mass is 915 g/mol. The first-order valence-electron chi connectivity index (χ1n) is 25.4. The second kappa shape index (κ2) is 15.1. The number of anilines is 3. The molecule has 338 valence electrons. The molecular weight excluding hydrogens is 867 g/mol. The van der Waals surface area contributed by atoms with E-state index in [0.717, 1.165) is 17.1 Å². The summed E-state index contributed by atoms with van der Waals surface area (Å²) in [7, 11) is 0. The highest BCUT2D eigenvalue weighted by molar-refractivity contribution is 6.08. The lowest BCUT2D eigenvalue weighted by Crippen LogP contribution is -2.30. The molecule has 72 heavy (non-hydrogen) atoms. The van der Waals surface area contributed by atoms with Crippen LogP contribution in [0.15, 0.2) is 261 Å². The zero-order chi connectivity index (χ0) is 47.8. The van der Waals surface area contributed by atoms with E-state index in [1.54, 1.807) is 0 Å². The average Bonchev–Trinajstić information content (AvgIpc) is 4.11. The second-order valence-corrected chi connectivity index (χ2v) is 20.6. The van der Waals surface area contributed by atoms with Crippen molar-refractivity contribution in [3.63, 3.8) is 0 Å². The molecule has 0 amide bonds. The molecule has 0 radical (unpaired) electrons. The number of hydrogen-bond donors (Lipinski definition) is 0. The number of rotatable bonds is 6. The van der Waals surface area contributed by atoms with Crippen LogP contribution in [0.25, 0.3) is 55.6 Å². The fourth-order valence-electron chi connectivity index (χ4n) is 14.1. The van der Waals surface area contributed by atoms with Crippen LogP contribution in [0, 0.1) is 0 Å². The van der Waals surface area contributed by atoms with Crippen molar-refractivity contribution in [1.29, 1.82) is 0 Å². The summed E-state index contributed by atoms with van der Waals surface area (Å²) in [5, 5.41) is 0. The summed E-state index contributed by atoms with van der Waals surface area (Å²) in [6.07, 6.45) is 0. The van der Waals surface area contributed by atoms with Crippen molar-refractivity contribution in [3.8, 4) is 55.6 Å². The second-order valence-electron chi connectivity index (χ2n) is 20.6. The summed E-state index contributed by atoms with van der Waals surface area (Å²) < 4.78 is 0. The van der Waals surface area contributed by atoms with E-state index in [9.17, 15) is 0 Å². The standard InChI is InChI=1S/C71H49N/c1-69(2)58-35-19-15-31-52(58)55-41-39-50(43-62(55)69)72(49-29-13-6-14-30-49)51-40-42-57-63(44-51)70(47-25-9-4-10-26-47,48-27-11-5-12-28-48)64-45-65-67(66(68(57)64)46-23-7-3-8-24-46)56-34-18-22-38-61(56)71(65)59-36-20-16-32-53(59)54-33-17-21-37-60(54)71/h3-45H,1-2H3. The van der Waals surface area contributed by atoms with Crippen LogP contribution in [0.3, 0.4) is 0 Å². The Labute approximate surface area is 422 Å². The molecule has 11 aromatic rings. The smallest absolute Gasteiger partial charge is 0.0725 e. The molecule has 4 aliphatic carbocycles. The summed E-state index contributed by atoms with van der Waals surface area (Å²) in [5.41, 5.74) is 28.1. The molecule has 0 saturated heterocycles. The maximum absolute atomic E-state index is 2.67. The van der Waals surface area contributed by atoms with Crippen molar-refractivity contribution >= 4 is 17.1 Å². The molecule has 1 nitrogen and oxygen atoms in total. The molecule has 1 spiro atoms. The van der Waals surface area contributed by atoms with Gasteiger partial charge in [-0.1, -0.05) is 238 Å². The van der Waals surface area contributed by atoms with Crippen LogP contribution in [-0.4, -0.2) is 0 Å². The van der Waals surface area contributed by atoms with Gasteiger partial charge in [-0.2, -0.15) is 0 Å². The SMILES string of the molecule is CC1(C)c2ccccc2-c2ccc(N(c3ccccc3)c3ccc4c(c3)C(c3ccccc3)(c3ccccc3)c3cc5c(c(-c6ccccc6)c3-4)-c3ccccc3C53c4ccccc4-c4ccccc43)cc21. The number of benzene rings is 11.